The molecule has 1 fully saturated rings. The topological polar surface area (TPSA) is 71.1 Å². The van der Waals surface area contributed by atoms with E-state index in [0.717, 1.165) is 16.7 Å². The summed E-state index contributed by atoms with van der Waals surface area (Å²) in [5, 5.41) is 6.60. The molecule has 3 rings (SSSR count). The molecule has 1 aromatic heterocycles. The van der Waals surface area contributed by atoms with Crippen LogP contribution in [-0.2, 0) is 9.59 Å². The molecule has 0 radical (unpaired) electrons. The molecule has 1 aliphatic rings. The number of thioether (sulfide) groups is 1. The monoisotopic (exact) mass is 301 g/mol. The number of nitrogens with one attached hydrogen (secondary N) is 2. The zero-order chi connectivity index (χ0) is 14.7. The lowest BCUT2D eigenvalue weighted by Crippen LogP contribution is -2.44. The van der Waals surface area contributed by atoms with Crippen LogP contribution in [0.5, 0.6) is 0 Å². The van der Waals surface area contributed by atoms with Crippen molar-refractivity contribution in [3.63, 3.8) is 0 Å². The Morgan fingerprint density at radius 3 is 3.10 bits per heavy atom. The fourth-order valence-electron chi connectivity index (χ4n) is 2.24. The molecule has 1 aliphatic heterocycles. The van der Waals surface area contributed by atoms with Crippen LogP contribution in [0, 0.1) is 0 Å². The fourth-order valence-corrected chi connectivity index (χ4v) is 3.21. The highest BCUT2D eigenvalue weighted by molar-refractivity contribution is 7.99. The first-order valence-corrected chi connectivity index (χ1v) is 7.91. The predicted molar refractivity (Wildman–Crippen MR) is 84.2 cm³/mol. The first-order valence-electron chi connectivity index (χ1n) is 6.76. The highest BCUT2D eigenvalue weighted by Crippen LogP contribution is 2.21. The molecular weight excluding hydrogens is 286 g/mol. The highest BCUT2D eigenvalue weighted by atomic mass is 32.2. The van der Waals surface area contributed by atoms with Gasteiger partial charge in [0.2, 0.25) is 11.8 Å². The van der Waals surface area contributed by atoms with Gasteiger partial charge >= 0.3 is 0 Å². The Morgan fingerprint density at radius 2 is 2.19 bits per heavy atom. The summed E-state index contributed by atoms with van der Waals surface area (Å²) in [5.74, 6) is 1.08. The molecular formula is C15H15N3O2S. The molecule has 6 heteroatoms. The van der Waals surface area contributed by atoms with Crippen molar-refractivity contribution < 1.29 is 9.59 Å². The maximum Gasteiger partial charge on any atom is 0.247 e. The van der Waals surface area contributed by atoms with Gasteiger partial charge in [0.05, 0.1) is 11.2 Å². The van der Waals surface area contributed by atoms with Crippen molar-refractivity contribution in [2.45, 2.75) is 12.5 Å². The van der Waals surface area contributed by atoms with Crippen molar-refractivity contribution in [2.24, 2.45) is 0 Å². The number of benzene rings is 1. The van der Waals surface area contributed by atoms with Gasteiger partial charge in [-0.2, -0.15) is 11.8 Å². The molecule has 5 nitrogen and oxygen atoms in total. The van der Waals surface area contributed by atoms with Crippen molar-refractivity contribution in [3.05, 3.63) is 36.5 Å². The Kier molecular flexibility index (Phi) is 4.06. The van der Waals surface area contributed by atoms with Crippen LogP contribution in [0.4, 0.5) is 5.69 Å². The molecule has 108 valence electrons. The second kappa shape index (κ2) is 6.13. The Bertz CT molecular complexity index is 684. The lowest BCUT2D eigenvalue weighted by Gasteiger charge is -2.16. The number of nitrogens with zero attached hydrogens (tertiary/aromatic N) is 1. The lowest BCUT2D eigenvalue weighted by atomic mass is 10.2. The highest BCUT2D eigenvalue weighted by Gasteiger charge is 2.23. The first kappa shape index (κ1) is 13.9. The molecule has 0 bridgehead atoms. The average molecular weight is 301 g/mol. The van der Waals surface area contributed by atoms with Gasteiger partial charge in [0.15, 0.2) is 0 Å². The molecule has 1 aromatic carbocycles. The molecule has 1 unspecified atom stereocenters. The summed E-state index contributed by atoms with van der Waals surface area (Å²) >= 11 is 1.61. The number of aromatic nitrogens is 1. The van der Waals surface area contributed by atoms with Crippen LogP contribution in [0.1, 0.15) is 6.42 Å². The summed E-state index contributed by atoms with van der Waals surface area (Å²) in [4.78, 5) is 28.2. The van der Waals surface area contributed by atoms with Gasteiger partial charge < -0.3 is 10.6 Å². The fraction of sp³-hybridized carbons (Fsp3) is 0.267. The van der Waals surface area contributed by atoms with Crippen LogP contribution in [0.2, 0.25) is 0 Å². The van der Waals surface area contributed by atoms with Gasteiger partial charge in [0, 0.05) is 29.5 Å². The van der Waals surface area contributed by atoms with Gasteiger partial charge in [-0.05, 0) is 12.1 Å². The van der Waals surface area contributed by atoms with E-state index in [4.69, 9.17) is 0 Å². The summed E-state index contributed by atoms with van der Waals surface area (Å²) in [7, 11) is 0. The number of pyridine rings is 1. The Hall–Kier alpha value is -2.08. The van der Waals surface area contributed by atoms with E-state index in [1.165, 1.54) is 0 Å². The number of hydrogen-bond donors (Lipinski definition) is 2. The van der Waals surface area contributed by atoms with Gasteiger partial charge in [-0.15, -0.1) is 0 Å². The molecule has 0 spiro atoms. The van der Waals surface area contributed by atoms with Gasteiger partial charge in [0.1, 0.15) is 6.04 Å². The second-order valence-electron chi connectivity index (χ2n) is 4.81. The summed E-state index contributed by atoms with van der Waals surface area (Å²) in [6.45, 7) is 0. The predicted octanol–water partition coefficient (Wildman–Crippen LogP) is 1.79. The van der Waals surface area contributed by atoms with Crippen LogP contribution in [0.3, 0.4) is 0 Å². The number of para-hydroxylation sites is 1. The number of rotatable bonds is 2. The zero-order valence-electron chi connectivity index (χ0n) is 11.3. The van der Waals surface area contributed by atoms with E-state index in [0.29, 0.717) is 17.9 Å². The number of fused-ring (bicyclic) bond motifs is 1. The smallest absolute Gasteiger partial charge is 0.247 e. The van der Waals surface area contributed by atoms with Crippen LogP contribution < -0.4 is 10.6 Å². The van der Waals surface area contributed by atoms with Gasteiger partial charge in [-0.1, -0.05) is 18.2 Å². The van der Waals surface area contributed by atoms with Crippen LogP contribution >= 0.6 is 11.8 Å². The second-order valence-corrected chi connectivity index (χ2v) is 5.96. The standard InChI is InChI=1S/C15H15N3O2S/c19-13-6-8-21-9-12(17-13)15(20)18-11-5-1-3-10-4-2-7-16-14(10)11/h1-5,7,12H,6,8-9H2,(H,17,19)(H,18,20). The van der Waals surface area contributed by atoms with E-state index in [1.54, 1.807) is 18.0 Å². The molecule has 0 saturated carbocycles. The number of carbonyl (C=O) groups is 2. The minimum Gasteiger partial charge on any atom is -0.343 e. The molecule has 1 atom stereocenters. The maximum atomic E-state index is 12.3. The van der Waals surface area contributed by atoms with E-state index < -0.39 is 6.04 Å². The van der Waals surface area contributed by atoms with Crippen molar-refractivity contribution >= 4 is 40.2 Å². The van der Waals surface area contributed by atoms with E-state index in [1.807, 2.05) is 30.3 Å². The Morgan fingerprint density at radius 1 is 1.33 bits per heavy atom. The first-order chi connectivity index (χ1) is 10.2. The van der Waals surface area contributed by atoms with E-state index in [-0.39, 0.29) is 11.8 Å². The summed E-state index contributed by atoms with van der Waals surface area (Å²) in [5.41, 5.74) is 1.42. The van der Waals surface area contributed by atoms with Gasteiger partial charge in [-0.3, -0.25) is 14.6 Å². The third-order valence-electron chi connectivity index (χ3n) is 3.30. The van der Waals surface area contributed by atoms with Crippen molar-refractivity contribution in [1.82, 2.24) is 10.3 Å². The normalized spacial score (nSPS) is 18.9. The molecule has 2 aromatic rings. The van der Waals surface area contributed by atoms with E-state index >= 15 is 0 Å². The third kappa shape index (κ3) is 3.16. The van der Waals surface area contributed by atoms with Gasteiger partial charge in [0.25, 0.3) is 0 Å². The molecule has 2 N–H and O–H groups in total. The van der Waals surface area contributed by atoms with Crippen LogP contribution in [0.25, 0.3) is 10.9 Å². The molecule has 1 saturated heterocycles. The molecule has 2 amide bonds. The number of anilines is 1. The minimum atomic E-state index is -0.496. The van der Waals surface area contributed by atoms with E-state index in [2.05, 4.69) is 15.6 Å². The number of carbonyl (C=O) groups excluding carboxylic acids is 2. The van der Waals surface area contributed by atoms with Crippen molar-refractivity contribution in [3.8, 4) is 0 Å². The third-order valence-corrected chi connectivity index (χ3v) is 4.36. The summed E-state index contributed by atoms with van der Waals surface area (Å²) < 4.78 is 0. The average Bonchev–Trinajstić information content (AvgIpc) is 2.72. The minimum absolute atomic E-state index is 0.0730. The van der Waals surface area contributed by atoms with Crippen LogP contribution in [0.15, 0.2) is 36.5 Å². The Balaban J connectivity index is 1.81. The van der Waals surface area contributed by atoms with Gasteiger partial charge in [-0.25, -0.2) is 0 Å². The largest absolute Gasteiger partial charge is 0.343 e. The SMILES string of the molecule is O=C1CCSCC(C(=O)Nc2cccc3cccnc23)N1. The molecule has 2 heterocycles. The number of hydrogen-bond acceptors (Lipinski definition) is 4. The molecule has 21 heavy (non-hydrogen) atoms. The van der Waals surface area contributed by atoms with Crippen molar-refractivity contribution in [2.75, 3.05) is 16.8 Å². The maximum absolute atomic E-state index is 12.3. The summed E-state index contributed by atoms with van der Waals surface area (Å²) in [6.07, 6.45) is 2.16. The van der Waals surface area contributed by atoms with Crippen LogP contribution in [-0.4, -0.2) is 34.3 Å². The number of amides is 2. The molecule has 0 aliphatic carbocycles. The Labute approximate surface area is 126 Å². The zero-order valence-corrected chi connectivity index (χ0v) is 12.2. The quantitative estimate of drug-likeness (QED) is 0.887. The van der Waals surface area contributed by atoms with E-state index in [9.17, 15) is 9.59 Å². The summed E-state index contributed by atoms with van der Waals surface area (Å²) in [6, 6.07) is 8.95. The lowest BCUT2D eigenvalue weighted by molar-refractivity contribution is -0.125. The van der Waals surface area contributed by atoms with Crippen molar-refractivity contribution in [1.29, 1.82) is 0 Å².